The fourth-order valence-electron chi connectivity index (χ4n) is 3.88. The first-order valence-electron chi connectivity index (χ1n) is 10.6. The van der Waals surface area contributed by atoms with Gasteiger partial charge < -0.3 is 14.6 Å². The first-order chi connectivity index (χ1) is 16.6. The van der Waals surface area contributed by atoms with Gasteiger partial charge in [0.05, 0.1) is 14.9 Å². The topological polar surface area (TPSA) is 102 Å². The van der Waals surface area contributed by atoms with E-state index in [4.69, 9.17) is 37.8 Å². The quantitative estimate of drug-likeness (QED) is 0.378. The van der Waals surface area contributed by atoms with Crippen LogP contribution in [-0.4, -0.2) is 26.1 Å². The largest absolute Gasteiger partial charge is 0.482 e. The Labute approximate surface area is 211 Å². The number of benzene rings is 3. The van der Waals surface area contributed by atoms with Gasteiger partial charge in [-0.25, -0.2) is 22.3 Å². The van der Waals surface area contributed by atoms with E-state index in [0.29, 0.717) is 25.0 Å². The number of rotatable bonds is 8. The van der Waals surface area contributed by atoms with Gasteiger partial charge in [-0.1, -0.05) is 35.3 Å². The van der Waals surface area contributed by atoms with E-state index >= 15 is 0 Å². The van der Waals surface area contributed by atoms with Gasteiger partial charge in [-0.3, -0.25) is 0 Å². The summed E-state index contributed by atoms with van der Waals surface area (Å²) in [5.74, 6) is -0.865. The molecule has 2 N–H and O–H groups in total. The van der Waals surface area contributed by atoms with Crippen LogP contribution in [0.25, 0.3) is 0 Å². The van der Waals surface area contributed by atoms with Gasteiger partial charge in [0.25, 0.3) is 0 Å². The third-order valence-electron chi connectivity index (χ3n) is 5.44. The molecule has 0 spiro atoms. The molecule has 3 aromatic rings. The maximum Gasteiger partial charge on any atom is 0.341 e. The van der Waals surface area contributed by atoms with Crippen molar-refractivity contribution in [2.24, 2.45) is 0 Å². The smallest absolute Gasteiger partial charge is 0.341 e. The van der Waals surface area contributed by atoms with Crippen LogP contribution in [0.15, 0.2) is 59.5 Å². The Morgan fingerprint density at radius 3 is 2.46 bits per heavy atom. The molecule has 0 saturated carbocycles. The van der Waals surface area contributed by atoms with Crippen molar-refractivity contribution >= 4 is 39.2 Å². The predicted molar refractivity (Wildman–Crippen MR) is 129 cm³/mol. The summed E-state index contributed by atoms with van der Waals surface area (Å²) >= 11 is 12.3. The van der Waals surface area contributed by atoms with Crippen molar-refractivity contribution in [1.29, 1.82) is 0 Å². The minimum Gasteiger partial charge on any atom is -0.482 e. The lowest BCUT2D eigenvalue weighted by Gasteiger charge is -2.27. The third-order valence-corrected chi connectivity index (χ3v) is 7.50. The summed E-state index contributed by atoms with van der Waals surface area (Å²) < 4.78 is 53.2. The highest BCUT2D eigenvalue weighted by Gasteiger charge is 2.28. The fraction of sp³-hybridized carbons (Fsp3) is 0.208. The molecular formula is C24H20Cl2FNO6S. The van der Waals surface area contributed by atoms with Crippen LogP contribution in [0.2, 0.25) is 10.0 Å². The van der Waals surface area contributed by atoms with Crippen LogP contribution in [0.1, 0.15) is 30.0 Å². The molecule has 11 heteroatoms. The number of fused-ring (bicyclic) bond motifs is 1. The van der Waals surface area contributed by atoms with Crippen LogP contribution in [0.3, 0.4) is 0 Å². The number of hydrogen-bond donors (Lipinski definition) is 2. The highest BCUT2D eigenvalue weighted by molar-refractivity contribution is 7.89. The van der Waals surface area contributed by atoms with Gasteiger partial charge in [0.2, 0.25) is 10.0 Å². The number of carboxylic acids is 1. The van der Waals surface area contributed by atoms with Crippen LogP contribution in [-0.2, 0) is 21.2 Å². The summed E-state index contributed by atoms with van der Waals surface area (Å²) in [5.41, 5.74) is 1.52. The van der Waals surface area contributed by atoms with Gasteiger partial charge in [-0.15, -0.1) is 0 Å². The first-order valence-corrected chi connectivity index (χ1v) is 12.8. The Kier molecular flexibility index (Phi) is 7.51. The van der Waals surface area contributed by atoms with Crippen molar-refractivity contribution in [1.82, 2.24) is 4.72 Å². The van der Waals surface area contributed by atoms with Gasteiger partial charge in [-0.2, -0.15) is 0 Å². The van der Waals surface area contributed by atoms with Crippen molar-refractivity contribution in [3.05, 3.63) is 81.6 Å². The molecule has 1 atom stereocenters. The van der Waals surface area contributed by atoms with E-state index in [1.54, 1.807) is 18.2 Å². The number of ether oxygens (including phenoxy) is 2. The van der Waals surface area contributed by atoms with Crippen LogP contribution in [0, 0.1) is 5.82 Å². The average molecular weight is 540 g/mol. The van der Waals surface area contributed by atoms with Crippen molar-refractivity contribution in [3.63, 3.8) is 0 Å². The van der Waals surface area contributed by atoms with Crippen LogP contribution < -0.4 is 14.2 Å². The summed E-state index contributed by atoms with van der Waals surface area (Å²) in [6.45, 7) is -0.483. The van der Waals surface area contributed by atoms with Crippen molar-refractivity contribution in [3.8, 4) is 17.2 Å². The fourth-order valence-corrected chi connectivity index (χ4v) is 5.64. The molecule has 3 aromatic carbocycles. The molecule has 0 amide bonds. The molecule has 0 aliphatic heterocycles. The molecule has 0 radical (unpaired) electrons. The molecule has 184 valence electrons. The summed E-state index contributed by atoms with van der Waals surface area (Å²) in [4.78, 5) is 10.8. The maximum absolute atomic E-state index is 13.3. The van der Waals surface area contributed by atoms with Crippen molar-refractivity contribution in [2.75, 3.05) is 6.61 Å². The normalized spacial score (nSPS) is 15.3. The van der Waals surface area contributed by atoms with Gasteiger partial charge >= 0.3 is 5.97 Å². The summed E-state index contributed by atoms with van der Waals surface area (Å²) in [6, 6.07) is 12.3. The van der Waals surface area contributed by atoms with E-state index < -0.39 is 34.5 Å². The second kappa shape index (κ2) is 10.4. The van der Waals surface area contributed by atoms with Gasteiger partial charge in [-0.05, 0) is 72.9 Å². The standard InChI is InChI=1S/C24H20Cl2FNO6S/c25-18-11-14(27)7-9-22(18)34-23-10-8-15(12-19(23)26)35(31,32)28-20-5-1-4-17-16(20)3-2-6-21(17)33-13-24(29)30/h2-3,6-12,20,28H,1,4-5,13H2,(H,29,30). The number of hydrogen-bond acceptors (Lipinski definition) is 5. The molecule has 1 aliphatic rings. The molecule has 35 heavy (non-hydrogen) atoms. The van der Waals surface area contributed by atoms with Crippen LogP contribution in [0.4, 0.5) is 4.39 Å². The number of halogens is 3. The predicted octanol–water partition coefficient (Wildman–Crippen LogP) is 5.74. The Balaban J connectivity index is 1.55. The number of nitrogens with one attached hydrogen (secondary N) is 1. The molecule has 0 saturated heterocycles. The molecule has 0 fully saturated rings. The van der Waals surface area contributed by atoms with E-state index in [1.165, 1.54) is 30.3 Å². The number of carbonyl (C=O) groups is 1. The molecule has 0 bridgehead atoms. The highest BCUT2D eigenvalue weighted by Crippen LogP contribution is 2.38. The summed E-state index contributed by atoms with van der Waals surface area (Å²) in [5, 5.41) is 8.97. The lowest BCUT2D eigenvalue weighted by atomic mass is 9.87. The Morgan fingerprint density at radius 2 is 1.77 bits per heavy atom. The molecule has 0 heterocycles. The average Bonchev–Trinajstić information content (AvgIpc) is 2.80. The van der Waals surface area contributed by atoms with Gasteiger partial charge in [0.1, 0.15) is 23.1 Å². The van der Waals surface area contributed by atoms with Gasteiger partial charge in [0.15, 0.2) is 6.61 Å². The summed E-state index contributed by atoms with van der Waals surface area (Å²) in [6.07, 6.45) is 1.90. The zero-order chi connectivity index (χ0) is 25.2. The lowest BCUT2D eigenvalue weighted by Crippen LogP contribution is -2.31. The summed E-state index contributed by atoms with van der Waals surface area (Å²) in [7, 11) is -3.97. The number of aliphatic carboxylic acids is 1. The van der Waals surface area contributed by atoms with Crippen LogP contribution >= 0.6 is 23.2 Å². The first kappa shape index (κ1) is 25.2. The Bertz CT molecular complexity index is 1380. The minimum atomic E-state index is -3.97. The molecule has 7 nitrogen and oxygen atoms in total. The van der Waals surface area contributed by atoms with E-state index in [2.05, 4.69) is 4.72 Å². The highest BCUT2D eigenvalue weighted by atomic mass is 35.5. The molecular weight excluding hydrogens is 520 g/mol. The van der Waals surface area contributed by atoms with Crippen LogP contribution in [0.5, 0.6) is 17.2 Å². The SMILES string of the molecule is O=C(O)COc1cccc2c1CCCC2NS(=O)(=O)c1ccc(Oc2ccc(F)cc2Cl)c(Cl)c1. The third kappa shape index (κ3) is 5.87. The van der Waals surface area contributed by atoms with E-state index in [9.17, 15) is 17.6 Å². The minimum absolute atomic E-state index is 0.0293. The van der Waals surface area contributed by atoms with E-state index in [0.717, 1.165) is 17.2 Å². The molecule has 1 unspecified atom stereocenters. The maximum atomic E-state index is 13.3. The van der Waals surface area contributed by atoms with Crippen molar-refractivity contribution < 1.29 is 32.2 Å². The molecule has 4 rings (SSSR count). The monoisotopic (exact) mass is 539 g/mol. The Hall–Kier alpha value is -2.85. The van der Waals surface area contributed by atoms with Gasteiger partial charge in [0, 0.05) is 6.04 Å². The Morgan fingerprint density at radius 1 is 1.06 bits per heavy atom. The van der Waals surface area contributed by atoms with Crippen molar-refractivity contribution in [2.45, 2.75) is 30.2 Å². The second-order valence-corrected chi connectivity index (χ2v) is 10.4. The second-order valence-electron chi connectivity index (χ2n) is 7.84. The number of sulfonamides is 1. The molecule has 1 aliphatic carbocycles. The molecule has 0 aromatic heterocycles. The zero-order valence-electron chi connectivity index (χ0n) is 18.1. The van der Waals surface area contributed by atoms with E-state index in [-0.39, 0.29) is 26.4 Å². The lowest BCUT2D eigenvalue weighted by molar-refractivity contribution is -0.139. The van der Waals surface area contributed by atoms with E-state index in [1.807, 2.05) is 0 Å². The zero-order valence-corrected chi connectivity index (χ0v) is 20.5. The number of carboxylic acid groups (broad SMARTS) is 1.